The lowest BCUT2D eigenvalue weighted by molar-refractivity contribution is 0.608. The number of hydrogen-bond donors (Lipinski definition) is 0. The molecule has 0 aliphatic rings. The Morgan fingerprint density at radius 2 is 2.18 bits per heavy atom. The molecule has 0 spiro atoms. The summed E-state index contributed by atoms with van der Waals surface area (Å²) in [6.07, 6.45) is 6.19. The van der Waals surface area contributed by atoms with Crippen molar-refractivity contribution >= 4 is 19.7 Å². The maximum Gasteiger partial charge on any atom is 0.236 e. The quantitative estimate of drug-likeness (QED) is 0.780. The van der Waals surface area contributed by atoms with E-state index in [1.807, 2.05) is 0 Å². The fraction of sp³-hybridized carbons (Fsp3) is 0.222. The van der Waals surface area contributed by atoms with Crippen LogP contribution < -0.4 is 0 Å². The van der Waals surface area contributed by atoms with Crippen LogP contribution in [0.2, 0.25) is 0 Å². The number of halogens is 1. The minimum Gasteiger partial charge on any atom is -0.259 e. The molecule has 0 saturated carbocycles. The lowest BCUT2D eigenvalue weighted by Gasteiger charge is -1.96. The van der Waals surface area contributed by atoms with Crippen LogP contribution in [0.5, 0.6) is 0 Å². The van der Waals surface area contributed by atoms with E-state index in [1.54, 1.807) is 19.3 Å². The first-order chi connectivity index (χ1) is 7.96. The molecule has 2 heterocycles. The Bertz CT molecular complexity index is 624. The Kier molecular flexibility index (Phi) is 3.12. The van der Waals surface area contributed by atoms with Crippen LogP contribution in [0.15, 0.2) is 24.8 Å². The lowest BCUT2D eigenvalue weighted by atomic mass is 10.3. The molecule has 90 valence electrons. The number of rotatable bonds is 3. The molecule has 2 aromatic rings. The van der Waals surface area contributed by atoms with Gasteiger partial charge in [0.25, 0.3) is 0 Å². The van der Waals surface area contributed by atoms with Crippen molar-refractivity contribution in [2.75, 3.05) is 0 Å². The van der Waals surface area contributed by atoms with Crippen molar-refractivity contribution in [1.29, 1.82) is 0 Å². The summed E-state index contributed by atoms with van der Waals surface area (Å²) in [5.41, 5.74) is 1.14. The molecule has 0 aliphatic carbocycles. The van der Waals surface area contributed by atoms with Crippen molar-refractivity contribution in [2.45, 2.75) is 12.7 Å². The fourth-order valence-corrected chi connectivity index (χ4v) is 2.36. The Hall–Kier alpha value is -1.47. The molecule has 0 unspecified atom stereocenters. The van der Waals surface area contributed by atoms with Gasteiger partial charge in [-0.05, 0) is 6.92 Å². The van der Waals surface area contributed by atoms with Gasteiger partial charge in [-0.3, -0.25) is 4.98 Å². The topological polar surface area (TPSA) is 77.7 Å². The van der Waals surface area contributed by atoms with Crippen LogP contribution >= 0.6 is 10.7 Å². The standard InChI is InChI=1S/C9H9ClN4O2S/c1-7-8(6-17(10,15)16)5-14(13-7)9-4-11-2-3-12-9/h2-5H,6H2,1H3. The highest BCUT2D eigenvalue weighted by atomic mass is 35.7. The van der Waals surface area contributed by atoms with Gasteiger partial charge in [0, 0.05) is 34.8 Å². The van der Waals surface area contributed by atoms with Gasteiger partial charge in [-0.2, -0.15) is 5.10 Å². The molecule has 0 fully saturated rings. The molecule has 2 aromatic heterocycles. The van der Waals surface area contributed by atoms with E-state index in [1.165, 1.54) is 17.1 Å². The van der Waals surface area contributed by atoms with E-state index in [4.69, 9.17) is 10.7 Å². The molecule has 0 atom stereocenters. The van der Waals surface area contributed by atoms with Gasteiger partial charge in [0.2, 0.25) is 9.05 Å². The molecule has 17 heavy (non-hydrogen) atoms. The Balaban J connectivity index is 2.38. The van der Waals surface area contributed by atoms with Crippen molar-refractivity contribution < 1.29 is 8.42 Å². The third kappa shape index (κ3) is 3.01. The molecule has 0 aliphatic heterocycles. The molecule has 6 nitrogen and oxygen atoms in total. The molecule has 0 saturated heterocycles. The fourth-order valence-electron chi connectivity index (χ4n) is 1.35. The number of nitrogens with zero attached hydrogens (tertiary/aromatic N) is 4. The molecule has 0 N–H and O–H groups in total. The molecule has 2 rings (SSSR count). The van der Waals surface area contributed by atoms with Crippen LogP contribution in [0, 0.1) is 6.92 Å². The highest BCUT2D eigenvalue weighted by molar-refractivity contribution is 8.13. The lowest BCUT2D eigenvalue weighted by Crippen LogP contribution is -1.98. The number of aromatic nitrogens is 4. The zero-order valence-corrected chi connectivity index (χ0v) is 10.5. The van der Waals surface area contributed by atoms with Gasteiger partial charge in [-0.15, -0.1) is 0 Å². The minimum absolute atomic E-state index is 0.249. The monoisotopic (exact) mass is 272 g/mol. The normalized spacial score (nSPS) is 11.6. The molecule has 0 radical (unpaired) electrons. The molecule has 0 aromatic carbocycles. The third-order valence-corrected chi connectivity index (χ3v) is 3.10. The van der Waals surface area contributed by atoms with Crippen LogP contribution in [-0.4, -0.2) is 28.2 Å². The van der Waals surface area contributed by atoms with Crippen LogP contribution in [0.1, 0.15) is 11.3 Å². The number of aryl methyl sites for hydroxylation is 1. The summed E-state index contributed by atoms with van der Waals surface area (Å²) in [5.74, 6) is 0.273. The smallest absolute Gasteiger partial charge is 0.236 e. The summed E-state index contributed by atoms with van der Waals surface area (Å²) >= 11 is 0. The predicted molar refractivity (Wildman–Crippen MR) is 62.4 cm³/mol. The Morgan fingerprint density at radius 1 is 1.41 bits per heavy atom. The van der Waals surface area contributed by atoms with Gasteiger partial charge in [0.1, 0.15) is 0 Å². The maximum atomic E-state index is 11.0. The van der Waals surface area contributed by atoms with Crippen molar-refractivity contribution in [1.82, 2.24) is 19.7 Å². The predicted octanol–water partition coefficient (Wildman–Crippen LogP) is 1.04. The van der Waals surface area contributed by atoms with E-state index in [2.05, 4.69) is 15.1 Å². The van der Waals surface area contributed by atoms with Crippen LogP contribution in [0.4, 0.5) is 0 Å². The molecular weight excluding hydrogens is 264 g/mol. The van der Waals surface area contributed by atoms with Crippen molar-refractivity contribution in [3.63, 3.8) is 0 Å². The third-order valence-electron chi connectivity index (χ3n) is 2.11. The van der Waals surface area contributed by atoms with E-state index < -0.39 is 9.05 Å². The first kappa shape index (κ1) is 12.0. The summed E-state index contributed by atoms with van der Waals surface area (Å²) in [7, 11) is 1.62. The van der Waals surface area contributed by atoms with Gasteiger partial charge in [-0.25, -0.2) is 18.1 Å². The summed E-state index contributed by atoms with van der Waals surface area (Å²) in [6.45, 7) is 1.71. The van der Waals surface area contributed by atoms with Crippen LogP contribution in [0.3, 0.4) is 0 Å². The zero-order valence-electron chi connectivity index (χ0n) is 8.91. The van der Waals surface area contributed by atoms with Gasteiger partial charge in [0.05, 0.1) is 17.6 Å². The van der Waals surface area contributed by atoms with Gasteiger partial charge in [0.15, 0.2) is 5.82 Å². The summed E-state index contributed by atoms with van der Waals surface area (Å²) in [6, 6.07) is 0. The average molecular weight is 273 g/mol. The van der Waals surface area contributed by atoms with E-state index in [0.29, 0.717) is 17.1 Å². The van der Waals surface area contributed by atoms with Crippen molar-refractivity contribution in [3.05, 3.63) is 36.0 Å². The first-order valence-electron chi connectivity index (χ1n) is 4.69. The molecule has 8 heteroatoms. The summed E-state index contributed by atoms with van der Waals surface area (Å²) in [4.78, 5) is 7.96. The van der Waals surface area contributed by atoms with E-state index in [0.717, 1.165) is 0 Å². The largest absolute Gasteiger partial charge is 0.259 e. The van der Waals surface area contributed by atoms with Crippen molar-refractivity contribution in [2.24, 2.45) is 0 Å². The molecule has 0 amide bonds. The molecular formula is C9H9ClN4O2S. The van der Waals surface area contributed by atoms with Gasteiger partial charge >= 0.3 is 0 Å². The van der Waals surface area contributed by atoms with Crippen molar-refractivity contribution in [3.8, 4) is 5.82 Å². The molecule has 0 bridgehead atoms. The van der Waals surface area contributed by atoms with E-state index >= 15 is 0 Å². The second-order valence-corrected chi connectivity index (χ2v) is 6.21. The second kappa shape index (κ2) is 4.42. The summed E-state index contributed by atoms with van der Waals surface area (Å²) in [5, 5.41) is 4.16. The average Bonchev–Trinajstić information content (AvgIpc) is 2.59. The van der Waals surface area contributed by atoms with Gasteiger partial charge < -0.3 is 0 Å². The maximum absolute atomic E-state index is 11.0. The highest BCUT2D eigenvalue weighted by Gasteiger charge is 2.13. The highest BCUT2D eigenvalue weighted by Crippen LogP contribution is 2.14. The van der Waals surface area contributed by atoms with E-state index in [9.17, 15) is 8.42 Å². The first-order valence-corrected chi connectivity index (χ1v) is 7.17. The van der Waals surface area contributed by atoms with Gasteiger partial charge in [-0.1, -0.05) is 0 Å². The van der Waals surface area contributed by atoms with Crippen LogP contribution in [0.25, 0.3) is 5.82 Å². The minimum atomic E-state index is -3.59. The zero-order chi connectivity index (χ0) is 12.5. The Labute approximate surface area is 103 Å². The second-order valence-electron chi connectivity index (χ2n) is 3.43. The SMILES string of the molecule is Cc1nn(-c2cnccn2)cc1CS(=O)(=O)Cl. The van der Waals surface area contributed by atoms with E-state index in [-0.39, 0.29) is 5.75 Å². The Morgan fingerprint density at radius 3 is 2.76 bits per heavy atom. The van der Waals surface area contributed by atoms with Crippen LogP contribution in [-0.2, 0) is 14.8 Å². The number of hydrogen-bond acceptors (Lipinski definition) is 5. The summed E-state index contributed by atoms with van der Waals surface area (Å²) < 4.78 is 23.5.